The number of fused-ring (bicyclic) bond motifs is 1. The number of likely N-dealkylation sites (N-methyl/N-ethyl adjacent to an activating group) is 1. The second kappa shape index (κ2) is 8.98. The summed E-state index contributed by atoms with van der Waals surface area (Å²) in [6.45, 7) is 1.35. The second-order valence-corrected chi connectivity index (χ2v) is 7.45. The van der Waals surface area contributed by atoms with E-state index in [-0.39, 0.29) is 30.8 Å². The summed E-state index contributed by atoms with van der Waals surface area (Å²) in [6, 6.07) is 17.3. The molecule has 7 nitrogen and oxygen atoms in total. The Morgan fingerprint density at radius 3 is 2.60 bits per heavy atom. The normalized spacial score (nSPS) is 17.4. The lowest BCUT2D eigenvalue weighted by atomic mass is 10.1. The van der Waals surface area contributed by atoms with Gasteiger partial charge in [-0.25, -0.2) is 5.01 Å². The number of para-hydroxylation sites is 2. The third-order valence-electron chi connectivity index (χ3n) is 5.22. The Hall–Kier alpha value is -3.35. The Morgan fingerprint density at radius 1 is 1.07 bits per heavy atom. The summed E-state index contributed by atoms with van der Waals surface area (Å²) < 4.78 is 11.6. The maximum Gasteiger partial charge on any atom is 0.243 e. The third kappa shape index (κ3) is 4.62. The Kier molecular flexibility index (Phi) is 5.97. The number of rotatable bonds is 6. The highest BCUT2D eigenvalue weighted by atomic mass is 16.6. The number of nitrogens with zero attached hydrogens (tertiary/aromatic N) is 3. The molecule has 1 atom stereocenters. The molecule has 0 radical (unpaired) electrons. The quantitative estimate of drug-likeness (QED) is 0.738. The van der Waals surface area contributed by atoms with Crippen LogP contribution in [0.1, 0.15) is 24.8 Å². The number of ether oxygens (including phenoxy) is 2. The fourth-order valence-electron chi connectivity index (χ4n) is 3.56. The summed E-state index contributed by atoms with van der Waals surface area (Å²) in [7, 11) is 1.72. The van der Waals surface area contributed by atoms with Crippen molar-refractivity contribution >= 4 is 17.5 Å². The molecule has 156 valence electrons. The lowest BCUT2D eigenvalue weighted by molar-refractivity contribution is -0.136. The number of amides is 2. The van der Waals surface area contributed by atoms with Crippen molar-refractivity contribution in [3.8, 4) is 11.5 Å². The van der Waals surface area contributed by atoms with Crippen molar-refractivity contribution in [2.24, 2.45) is 5.10 Å². The minimum atomic E-state index is -0.235. The first-order chi connectivity index (χ1) is 14.6. The molecule has 30 heavy (non-hydrogen) atoms. The van der Waals surface area contributed by atoms with Crippen molar-refractivity contribution in [1.29, 1.82) is 0 Å². The van der Waals surface area contributed by atoms with Gasteiger partial charge in [-0.1, -0.05) is 42.5 Å². The second-order valence-electron chi connectivity index (χ2n) is 7.45. The first-order valence-electron chi connectivity index (χ1n) is 10.2. The maximum absolute atomic E-state index is 12.5. The average molecular weight is 407 g/mol. The topological polar surface area (TPSA) is 71.4 Å². The van der Waals surface area contributed by atoms with Gasteiger partial charge < -0.3 is 14.4 Å². The van der Waals surface area contributed by atoms with Crippen LogP contribution in [0.3, 0.4) is 0 Å². The van der Waals surface area contributed by atoms with Crippen LogP contribution in [-0.4, -0.2) is 60.3 Å². The molecule has 0 bridgehead atoms. The zero-order valence-electron chi connectivity index (χ0n) is 17.0. The van der Waals surface area contributed by atoms with E-state index in [2.05, 4.69) is 5.10 Å². The molecule has 0 saturated heterocycles. The monoisotopic (exact) mass is 407 g/mol. The molecule has 0 spiro atoms. The van der Waals surface area contributed by atoms with E-state index in [0.717, 1.165) is 23.4 Å². The molecule has 7 heteroatoms. The molecule has 4 rings (SSSR count). The van der Waals surface area contributed by atoms with E-state index in [0.29, 0.717) is 25.4 Å². The Bertz CT molecular complexity index is 944. The van der Waals surface area contributed by atoms with Crippen molar-refractivity contribution in [3.05, 3.63) is 60.2 Å². The lowest BCUT2D eigenvalue weighted by Crippen LogP contribution is -2.42. The van der Waals surface area contributed by atoms with E-state index in [1.54, 1.807) is 11.9 Å². The van der Waals surface area contributed by atoms with Gasteiger partial charge >= 0.3 is 0 Å². The summed E-state index contributed by atoms with van der Waals surface area (Å²) in [5.74, 6) is 1.17. The molecule has 0 saturated carbocycles. The van der Waals surface area contributed by atoms with Gasteiger partial charge in [0, 0.05) is 26.3 Å². The molecule has 2 heterocycles. The fourth-order valence-corrected chi connectivity index (χ4v) is 3.56. The third-order valence-corrected chi connectivity index (χ3v) is 5.22. The molecule has 0 N–H and O–H groups in total. The van der Waals surface area contributed by atoms with Crippen LogP contribution in [0, 0.1) is 0 Å². The minimum absolute atomic E-state index is 0.0998. The molecule has 0 unspecified atom stereocenters. The number of carbonyl (C=O) groups is 2. The SMILES string of the molecule is CN(C[C@H]1COc2ccccc2O1)C(=O)CCC(=O)N1CCC(c2ccccc2)=N1. The van der Waals surface area contributed by atoms with E-state index in [9.17, 15) is 9.59 Å². The van der Waals surface area contributed by atoms with Crippen molar-refractivity contribution in [3.63, 3.8) is 0 Å². The molecule has 0 aliphatic carbocycles. The zero-order chi connectivity index (χ0) is 20.9. The molecular formula is C23H25N3O4. The highest BCUT2D eigenvalue weighted by Gasteiger charge is 2.25. The van der Waals surface area contributed by atoms with Crippen LogP contribution >= 0.6 is 0 Å². The summed E-state index contributed by atoms with van der Waals surface area (Å²) in [5.41, 5.74) is 1.93. The molecule has 2 amide bonds. The van der Waals surface area contributed by atoms with Crippen LogP contribution in [0.4, 0.5) is 0 Å². The van der Waals surface area contributed by atoms with Gasteiger partial charge in [-0.05, 0) is 17.7 Å². The predicted molar refractivity (Wildman–Crippen MR) is 113 cm³/mol. The van der Waals surface area contributed by atoms with Crippen LogP contribution in [0.25, 0.3) is 0 Å². The van der Waals surface area contributed by atoms with Crippen LogP contribution in [0.5, 0.6) is 11.5 Å². The van der Waals surface area contributed by atoms with Crippen LogP contribution in [0.15, 0.2) is 59.7 Å². The zero-order valence-corrected chi connectivity index (χ0v) is 17.0. The predicted octanol–water partition coefficient (Wildman–Crippen LogP) is 2.70. The summed E-state index contributed by atoms with van der Waals surface area (Å²) in [5, 5.41) is 5.91. The average Bonchev–Trinajstić information content (AvgIpc) is 3.28. The minimum Gasteiger partial charge on any atom is -0.486 e. The molecule has 0 aromatic heterocycles. The Labute approximate surface area is 175 Å². The molecule has 2 aliphatic heterocycles. The van der Waals surface area contributed by atoms with Crippen LogP contribution in [0.2, 0.25) is 0 Å². The number of carbonyl (C=O) groups excluding carboxylic acids is 2. The highest BCUT2D eigenvalue weighted by Crippen LogP contribution is 2.31. The van der Waals surface area contributed by atoms with Crippen LogP contribution < -0.4 is 9.47 Å². The summed E-state index contributed by atoms with van der Waals surface area (Å²) in [6.07, 6.45) is 0.775. The van der Waals surface area contributed by atoms with Gasteiger partial charge in [-0.3, -0.25) is 9.59 Å². The molecule has 2 aromatic rings. The molecular weight excluding hydrogens is 382 g/mol. The summed E-state index contributed by atoms with van der Waals surface area (Å²) in [4.78, 5) is 26.6. The van der Waals surface area contributed by atoms with Gasteiger partial charge in [0.05, 0.1) is 18.8 Å². The fraction of sp³-hybridized carbons (Fsp3) is 0.348. The molecule has 0 fully saturated rings. The lowest BCUT2D eigenvalue weighted by Gasteiger charge is -2.29. The standard InChI is InChI=1S/C23H25N3O4/c1-25(15-18-16-29-20-9-5-6-10-21(20)30-18)22(27)11-12-23(28)26-14-13-19(24-26)17-7-3-2-4-8-17/h2-10,18H,11-16H2,1H3/t18-/m0/s1. The van der Waals surface area contributed by atoms with Gasteiger partial charge in [-0.2, -0.15) is 5.10 Å². The number of hydrogen-bond acceptors (Lipinski definition) is 5. The van der Waals surface area contributed by atoms with Gasteiger partial charge in [0.25, 0.3) is 0 Å². The van der Waals surface area contributed by atoms with Crippen LogP contribution in [-0.2, 0) is 9.59 Å². The van der Waals surface area contributed by atoms with Gasteiger partial charge in [0.2, 0.25) is 11.8 Å². The van der Waals surface area contributed by atoms with E-state index in [1.165, 1.54) is 5.01 Å². The summed E-state index contributed by atoms with van der Waals surface area (Å²) >= 11 is 0. The van der Waals surface area contributed by atoms with Gasteiger partial charge in [0.15, 0.2) is 17.6 Å². The first kappa shape index (κ1) is 19.9. The first-order valence-corrected chi connectivity index (χ1v) is 10.2. The van der Waals surface area contributed by atoms with E-state index in [1.807, 2.05) is 54.6 Å². The smallest absolute Gasteiger partial charge is 0.243 e. The van der Waals surface area contributed by atoms with Crippen molar-refractivity contribution in [1.82, 2.24) is 9.91 Å². The van der Waals surface area contributed by atoms with Gasteiger partial charge in [0.1, 0.15) is 6.61 Å². The molecule has 2 aliphatic rings. The Balaban J connectivity index is 1.24. The number of hydrazone groups is 1. The molecule has 2 aromatic carbocycles. The van der Waals surface area contributed by atoms with Gasteiger partial charge in [-0.15, -0.1) is 0 Å². The van der Waals surface area contributed by atoms with E-state index in [4.69, 9.17) is 9.47 Å². The van der Waals surface area contributed by atoms with Crippen molar-refractivity contribution < 1.29 is 19.1 Å². The van der Waals surface area contributed by atoms with Crippen molar-refractivity contribution in [2.45, 2.75) is 25.4 Å². The van der Waals surface area contributed by atoms with Crippen molar-refractivity contribution in [2.75, 3.05) is 26.7 Å². The maximum atomic E-state index is 12.5. The van der Waals surface area contributed by atoms with E-state index < -0.39 is 0 Å². The number of hydrogen-bond donors (Lipinski definition) is 0. The Morgan fingerprint density at radius 2 is 1.80 bits per heavy atom. The largest absolute Gasteiger partial charge is 0.486 e. The number of benzene rings is 2. The highest BCUT2D eigenvalue weighted by molar-refractivity contribution is 6.02. The van der Waals surface area contributed by atoms with E-state index >= 15 is 0 Å².